The first kappa shape index (κ1) is 22.9. The van der Waals surface area contributed by atoms with Crippen LogP contribution in [0.25, 0.3) is 0 Å². The van der Waals surface area contributed by atoms with Crippen LogP contribution in [0.4, 0.5) is 0 Å². The molecule has 1 aliphatic heterocycles. The molecular formula is C26H25ClN2O4. The van der Waals surface area contributed by atoms with Crippen molar-refractivity contribution in [3.63, 3.8) is 0 Å². The number of hydrogen-bond acceptors (Lipinski definition) is 4. The van der Waals surface area contributed by atoms with Crippen LogP contribution in [0.3, 0.4) is 0 Å². The maximum atomic E-state index is 13.5. The molecule has 1 saturated heterocycles. The Bertz CT molecular complexity index is 1200. The van der Waals surface area contributed by atoms with Crippen molar-refractivity contribution in [3.8, 4) is 0 Å². The molecule has 33 heavy (non-hydrogen) atoms. The molecule has 1 fully saturated rings. The molecule has 0 spiro atoms. The average molecular weight is 465 g/mol. The SMILES string of the molecule is CC1=CC[C@H]2C(=O)N(N(CC(=O)c3ccc(C)c(C)c3)C(=O)c3ccccc3Cl)C(=O)[C@H]2C1. The van der Waals surface area contributed by atoms with Crippen LogP contribution >= 0.6 is 11.6 Å². The monoisotopic (exact) mass is 464 g/mol. The molecular weight excluding hydrogens is 440 g/mol. The third-order valence-electron chi connectivity index (χ3n) is 6.50. The number of ketones is 1. The standard InChI is InChI=1S/C26H25ClN2O4/c1-15-8-11-19-21(12-15)26(33)29(25(19)32)28(24(31)20-6-4-5-7-22(20)27)14-23(30)18-10-9-16(2)17(3)13-18/h4-10,13,19,21H,11-12,14H2,1-3H3/t19-,21+/m1/s1. The lowest BCUT2D eigenvalue weighted by atomic mass is 9.82. The van der Waals surface area contributed by atoms with Gasteiger partial charge >= 0.3 is 0 Å². The third-order valence-corrected chi connectivity index (χ3v) is 6.83. The van der Waals surface area contributed by atoms with Gasteiger partial charge in [0.1, 0.15) is 6.54 Å². The molecule has 170 valence electrons. The smallest absolute Gasteiger partial charge is 0.274 e. The van der Waals surface area contributed by atoms with E-state index in [1.165, 1.54) is 6.07 Å². The summed E-state index contributed by atoms with van der Waals surface area (Å²) in [6.45, 7) is 5.31. The van der Waals surface area contributed by atoms with Gasteiger partial charge in [0.25, 0.3) is 17.7 Å². The molecule has 2 aromatic rings. The first-order valence-corrected chi connectivity index (χ1v) is 11.3. The Morgan fingerprint density at radius 2 is 1.70 bits per heavy atom. The van der Waals surface area contributed by atoms with Crippen LogP contribution in [-0.4, -0.2) is 40.1 Å². The highest BCUT2D eigenvalue weighted by molar-refractivity contribution is 6.34. The van der Waals surface area contributed by atoms with Crippen LogP contribution in [0.1, 0.15) is 51.6 Å². The zero-order valence-electron chi connectivity index (χ0n) is 18.8. The molecule has 2 aliphatic rings. The fourth-order valence-electron chi connectivity index (χ4n) is 4.41. The number of amides is 3. The second-order valence-corrected chi connectivity index (χ2v) is 9.16. The van der Waals surface area contributed by atoms with Crippen LogP contribution in [0.2, 0.25) is 5.02 Å². The average Bonchev–Trinajstić information content (AvgIpc) is 3.03. The normalized spacial score (nSPS) is 19.9. The molecule has 4 rings (SSSR count). The molecule has 7 heteroatoms. The topological polar surface area (TPSA) is 74.8 Å². The number of carbonyl (C=O) groups excluding carboxylic acids is 4. The van der Waals surface area contributed by atoms with Crippen molar-refractivity contribution in [1.82, 2.24) is 10.0 Å². The minimum Gasteiger partial charge on any atom is -0.292 e. The predicted octanol–water partition coefficient (Wildman–Crippen LogP) is 4.54. The molecule has 2 aromatic carbocycles. The maximum absolute atomic E-state index is 13.5. The van der Waals surface area contributed by atoms with Crippen LogP contribution in [0.15, 0.2) is 54.1 Å². The van der Waals surface area contributed by atoms with E-state index < -0.39 is 36.1 Å². The van der Waals surface area contributed by atoms with Crippen molar-refractivity contribution in [2.24, 2.45) is 11.8 Å². The first-order valence-electron chi connectivity index (χ1n) is 10.9. The molecule has 0 saturated carbocycles. The van der Waals surface area contributed by atoms with Crippen LogP contribution in [0.5, 0.6) is 0 Å². The van der Waals surface area contributed by atoms with Crippen LogP contribution in [0, 0.1) is 25.7 Å². The second kappa shape index (κ2) is 8.94. The van der Waals surface area contributed by atoms with Crippen molar-refractivity contribution >= 4 is 35.1 Å². The number of fused-ring (bicyclic) bond motifs is 1. The zero-order chi connectivity index (χ0) is 23.9. The van der Waals surface area contributed by atoms with Gasteiger partial charge in [-0.15, -0.1) is 0 Å². The van der Waals surface area contributed by atoms with Crippen molar-refractivity contribution in [1.29, 1.82) is 0 Å². The lowest BCUT2D eigenvalue weighted by molar-refractivity contribution is -0.154. The maximum Gasteiger partial charge on any atom is 0.274 e. The summed E-state index contributed by atoms with van der Waals surface area (Å²) in [5.74, 6) is -3.00. The molecule has 0 N–H and O–H groups in total. The van der Waals surface area contributed by atoms with Crippen molar-refractivity contribution in [2.75, 3.05) is 6.54 Å². The summed E-state index contributed by atoms with van der Waals surface area (Å²) in [4.78, 5) is 53.3. The lowest BCUT2D eigenvalue weighted by Gasteiger charge is -2.30. The summed E-state index contributed by atoms with van der Waals surface area (Å²) in [6.07, 6.45) is 2.86. The van der Waals surface area contributed by atoms with Gasteiger partial charge in [0.2, 0.25) is 0 Å². The van der Waals surface area contributed by atoms with Gasteiger partial charge in [-0.2, -0.15) is 5.01 Å². The van der Waals surface area contributed by atoms with E-state index in [-0.39, 0.29) is 16.4 Å². The van der Waals surface area contributed by atoms with Gasteiger partial charge in [0.05, 0.1) is 22.4 Å². The third kappa shape index (κ3) is 4.23. The number of carbonyl (C=O) groups is 4. The van der Waals surface area contributed by atoms with Crippen LogP contribution in [-0.2, 0) is 9.59 Å². The summed E-state index contributed by atoms with van der Waals surface area (Å²) in [6, 6.07) is 11.7. The van der Waals surface area contributed by atoms with E-state index in [9.17, 15) is 19.2 Å². The summed E-state index contributed by atoms with van der Waals surface area (Å²) < 4.78 is 0. The fraction of sp³-hybridized carbons (Fsp3) is 0.308. The quantitative estimate of drug-likeness (QED) is 0.370. The minimum absolute atomic E-state index is 0.122. The van der Waals surface area contributed by atoms with Gasteiger partial charge in [0.15, 0.2) is 5.78 Å². The number of nitrogens with zero attached hydrogens (tertiary/aromatic N) is 2. The Hall–Kier alpha value is -3.25. The molecule has 0 radical (unpaired) electrons. The van der Waals surface area contributed by atoms with Gasteiger partial charge in [-0.1, -0.05) is 47.5 Å². The van der Waals surface area contributed by atoms with Gasteiger partial charge in [-0.3, -0.25) is 19.2 Å². The van der Waals surface area contributed by atoms with Crippen molar-refractivity contribution in [3.05, 3.63) is 81.4 Å². The summed E-state index contributed by atoms with van der Waals surface area (Å²) in [5.41, 5.74) is 3.54. The van der Waals surface area contributed by atoms with Gasteiger partial charge in [-0.05, 0) is 62.9 Å². The van der Waals surface area contributed by atoms with E-state index >= 15 is 0 Å². The summed E-state index contributed by atoms with van der Waals surface area (Å²) in [5, 5.41) is 2.03. The van der Waals surface area contributed by atoms with E-state index in [0.717, 1.165) is 26.7 Å². The highest BCUT2D eigenvalue weighted by Crippen LogP contribution is 2.38. The molecule has 3 amide bonds. The number of allylic oxidation sites excluding steroid dienone is 2. The first-order chi connectivity index (χ1) is 15.7. The number of hydrogen-bond donors (Lipinski definition) is 0. The number of aryl methyl sites for hydroxylation is 2. The Kier molecular flexibility index (Phi) is 6.21. The largest absolute Gasteiger partial charge is 0.292 e. The molecule has 6 nitrogen and oxygen atoms in total. The van der Waals surface area contributed by atoms with Gasteiger partial charge in [-0.25, -0.2) is 5.01 Å². The summed E-state index contributed by atoms with van der Waals surface area (Å²) in [7, 11) is 0. The highest BCUT2D eigenvalue weighted by Gasteiger charge is 2.51. The number of Topliss-reactive ketones (excluding diaryl/α,β-unsaturated/α-hetero) is 1. The van der Waals surface area contributed by atoms with Crippen LogP contribution < -0.4 is 0 Å². The van der Waals surface area contributed by atoms with E-state index in [0.29, 0.717) is 18.4 Å². The van der Waals surface area contributed by atoms with Gasteiger partial charge in [0, 0.05) is 5.56 Å². The van der Waals surface area contributed by atoms with Gasteiger partial charge < -0.3 is 0 Å². The van der Waals surface area contributed by atoms with Crippen molar-refractivity contribution < 1.29 is 19.2 Å². The molecule has 0 unspecified atom stereocenters. The van der Waals surface area contributed by atoms with E-state index in [1.807, 2.05) is 32.9 Å². The van der Waals surface area contributed by atoms with E-state index in [4.69, 9.17) is 11.6 Å². The van der Waals surface area contributed by atoms with Crippen molar-refractivity contribution in [2.45, 2.75) is 33.6 Å². The molecule has 1 aliphatic carbocycles. The summed E-state index contributed by atoms with van der Waals surface area (Å²) >= 11 is 6.25. The van der Waals surface area contributed by atoms with E-state index in [1.54, 1.807) is 30.3 Å². The number of benzene rings is 2. The number of rotatable bonds is 5. The fourth-order valence-corrected chi connectivity index (χ4v) is 4.62. The number of hydrazine groups is 1. The Morgan fingerprint density at radius 1 is 1.00 bits per heavy atom. The Morgan fingerprint density at radius 3 is 2.39 bits per heavy atom. The predicted molar refractivity (Wildman–Crippen MR) is 125 cm³/mol. The minimum atomic E-state index is -0.664. The molecule has 1 heterocycles. The zero-order valence-corrected chi connectivity index (χ0v) is 19.6. The molecule has 0 aromatic heterocycles. The number of imide groups is 1. The lowest BCUT2D eigenvalue weighted by Crippen LogP contribution is -2.52. The Balaban J connectivity index is 1.72. The highest BCUT2D eigenvalue weighted by atomic mass is 35.5. The number of halogens is 1. The second-order valence-electron chi connectivity index (χ2n) is 8.76. The van der Waals surface area contributed by atoms with E-state index in [2.05, 4.69) is 0 Å². The molecule has 0 bridgehead atoms. The molecule has 2 atom stereocenters. The Labute approximate surface area is 197 Å².